The molecule has 0 aliphatic rings. The van der Waals surface area contributed by atoms with Crippen LogP contribution in [0.25, 0.3) is 0 Å². The van der Waals surface area contributed by atoms with E-state index in [1.807, 2.05) is 0 Å². The van der Waals surface area contributed by atoms with Gasteiger partial charge in [0.05, 0.1) is 11.1 Å². The number of carbonyl (C=O) groups excluding carboxylic acids is 1. The van der Waals surface area contributed by atoms with Crippen LogP contribution < -0.4 is 5.32 Å². The Kier molecular flexibility index (Phi) is 4.17. The number of hydrogen-bond acceptors (Lipinski definition) is 4. The van der Waals surface area contributed by atoms with Gasteiger partial charge in [0, 0.05) is 13.1 Å². The summed E-state index contributed by atoms with van der Waals surface area (Å²) in [6, 6.07) is 0.0145. The molecule has 0 aromatic carbocycles. The minimum absolute atomic E-state index is 0.0344. The van der Waals surface area contributed by atoms with E-state index in [-0.39, 0.29) is 11.4 Å². The Labute approximate surface area is 115 Å². The lowest BCUT2D eigenvalue weighted by Crippen LogP contribution is -2.49. The second-order valence-corrected chi connectivity index (χ2v) is 5.56. The average molecular weight is 283 g/mol. The van der Waals surface area contributed by atoms with Gasteiger partial charge in [0.1, 0.15) is 11.7 Å². The molecule has 0 saturated heterocycles. The van der Waals surface area contributed by atoms with E-state index in [0.717, 1.165) is 6.07 Å². The number of rotatable bonds is 4. The molecule has 1 aromatic heterocycles. The SMILES string of the molecule is Cn1cc([N+](=O)[O-])cc1C(=O)N[C@H](C(=O)O)C(C)(C)C. The second kappa shape index (κ2) is 5.32. The van der Waals surface area contributed by atoms with E-state index in [2.05, 4.69) is 5.32 Å². The molecule has 0 radical (unpaired) electrons. The summed E-state index contributed by atoms with van der Waals surface area (Å²) in [6.45, 7) is 5.04. The van der Waals surface area contributed by atoms with Crippen LogP contribution >= 0.6 is 0 Å². The fraction of sp³-hybridized carbons (Fsp3) is 0.500. The Morgan fingerprint density at radius 1 is 1.45 bits per heavy atom. The number of nitrogens with zero attached hydrogens (tertiary/aromatic N) is 2. The molecule has 0 aliphatic carbocycles. The molecule has 2 N–H and O–H groups in total. The monoisotopic (exact) mass is 283 g/mol. The van der Waals surface area contributed by atoms with Gasteiger partial charge in [-0.05, 0) is 5.41 Å². The fourth-order valence-electron chi connectivity index (χ4n) is 1.73. The van der Waals surface area contributed by atoms with Crippen molar-refractivity contribution in [1.29, 1.82) is 0 Å². The van der Waals surface area contributed by atoms with E-state index in [4.69, 9.17) is 5.11 Å². The van der Waals surface area contributed by atoms with E-state index in [0.29, 0.717) is 0 Å². The third-order valence-corrected chi connectivity index (χ3v) is 2.82. The van der Waals surface area contributed by atoms with E-state index in [1.54, 1.807) is 20.8 Å². The molecular weight excluding hydrogens is 266 g/mol. The highest BCUT2D eigenvalue weighted by atomic mass is 16.6. The Morgan fingerprint density at radius 2 is 2.00 bits per heavy atom. The van der Waals surface area contributed by atoms with E-state index in [9.17, 15) is 19.7 Å². The topological polar surface area (TPSA) is 114 Å². The van der Waals surface area contributed by atoms with Gasteiger partial charge in [0.25, 0.3) is 11.6 Å². The third-order valence-electron chi connectivity index (χ3n) is 2.82. The van der Waals surface area contributed by atoms with Crippen LogP contribution in [0, 0.1) is 15.5 Å². The maximum Gasteiger partial charge on any atom is 0.326 e. The van der Waals surface area contributed by atoms with Gasteiger partial charge < -0.3 is 15.0 Å². The molecule has 1 atom stereocenters. The van der Waals surface area contributed by atoms with Crippen LogP contribution in [-0.2, 0) is 11.8 Å². The molecule has 0 fully saturated rings. The van der Waals surface area contributed by atoms with Crippen LogP contribution in [0.5, 0.6) is 0 Å². The maximum absolute atomic E-state index is 12.0. The Morgan fingerprint density at radius 3 is 2.35 bits per heavy atom. The molecule has 0 unspecified atom stereocenters. The van der Waals surface area contributed by atoms with Crippen molar-refractivity contribution < 1.29 is 19.6 Å². The lowest BCUT2D eigenvalue weighted by Gasteiger charge is -2.27. The molecule has 8 nitrogen and oxygen atoms in total. The second-order valence-electron chi connectivity index (χ2n) is 5.56. The molecule has 1 heterocycles. The van der Waals surface area contributed by atoms with Crippen molar-refractivity contribution in [1.82, 2.24) is 9.88 Å². The zero-order valence-corrected chi connectivity index (χ0v) is 11.7. The number of aromatic nitrogens is 1. The van der Waals surface area contributed by atoms with Gasteiger partial charge in [-0.1, -0.05) is 20.8 Å². The zero-order valence-electron chi connectivity index (χ0n) is 11.7. The Balaban J connectivity index is 3.01. The Hall–Kier alpha value is -2.38. The van der Waals surface area contributed by atoms with E-state index < -0.39 is 28.3 Å². The number of carbonyl (C=O) groups is 2. The molecule has 0 aliphatic heterocycles. The van der Waals surface area contributed by atoms with Crippen LogP contribution in [0.2, 0.25) is 0 Å². The summed E-state index contributed by atoms with van der Waals surface area (Å²) >= 11 is 0. The van der Waals surface area contributed by atoms with Crippen LogP contribution in [-0.4, -0.2) is 32.5 Å². The number of amides is 1. The van der Waals surface area contributed by atoms with Gasteiger partial charge in [0.2, 0.25) is 0 Å². The smallest absolute Gasteiger partial charge is 0.326 e. The highest BCUT2D eigenvalue weighted by Gasteiger charge is 2.33. The lowest BCUT2D eigenvalue weighted by molar-refractivity contribution is -0.384. The van der Waals surface area contributed by atoms with Gasteiger partial charge in [0.15, 0.2) is 0 Å². The van der Waals surface area contributed by atoms with Crippen LogP contribution in [0.15, 0.2) is 12.3 Å². The highest BCUT2D eigenvalue weighted by Crippen LogP contribution is 2.21. The van der Waals surface area contributed by atoms with Gasteiger partial charge in [-0.25, -0.2) is 4.79 Å². The Bertz CT molecular complexity index is 556. The number of carboxylic acids is 1. The van der Waals surface area contributed by atoms with Crippen molar-refractivity contribution in [3.8, 4) is 0 Å². The van der Waals surface area contributed by atoms with E-state index >= 15 is 0 Å². The number of carboxylic acid groups (broad SMARTS) is 1. The molecule has 0 bridgehead atoms. The number of aryl methyl sites for hydroxylation is 1. The largest absolute Gasteiger partial charge is 0.480 e. The van der Waals surface area contributed by atoms with Crippen molar-refractivity contribution in [3.63, 3.8) is 0 Å². The van der Waals surface area contributed by atoms with Gasteiger partial charge >= 0.3 is 5.97 Å². The molecule has 1 amide bonds. The first-order valence-corrected chi connectivity index (χ1v) is 5.88. The average Bonchev–Trinajstić information content (AvgIpc) is 2.66. The maximum atomic E-state index is 12.0. The summed E-state index contributed by atoms with van der Waals surface area (Å²) in [7, 11) is 1.48. The summed E-state index contributed by atoms with van der Waals surface area (Å²) in [5.41, 5.74) is -0.869. The number of nitrogens with one attached hydrogen (secondary N) is 1. The predicted molar refractivity (Wildman–Crippen MR) is 70.4 cm³/mol. The third kappa shape index (κ3) is 3.34. The molecular formula is C12H17N3O5. The molecule has 8 heteroatoms. The molecule has 0 spiro atoms. The van der Waals surface area contributed by atoms with Crippen molar-refractivity contribution in [2.45, 2.75) is 26.8 Å². The van der Waals surface area contributed by atoms with E-state index in [1.165, 1.54) is 17.8 Å². The minimum Gasteiger partial charge on any atom is -0.480 e. The van der Waals surface area contributed by atoms with Gasteiger partial charge in [-0.15, -0.1) is 0 Å². The number of hydrogen-bond donors (Lipinski definition) is 2. The molecule has 110 valence electrons. The first kappa shape index (κ1) is 15.7. The van der Waals surface area contributed by atoms with Crippen LogP contribution in [0.1, 0.15) is 31.3 Å². The van der Waals surface area contributed by atoms with Crippen molar-refractivity contribution in [2.24, 2.45) is 12.5 Å². The molecule has 20 heavy (non-hydrogen) atoms. The van der Waals surface area contributed by atoms with Crippen LogP contribution in [0.3, 0.4) is 0 Å². The van der Waals surface area contributed by atoms with Crippen molar-refractivity contribution in [2.75, 3.05) is 0 Å². The number of nitro groups is 1. The standard InChI is InChI=1S/C12H17N3O5/c1-12(2,3)9(11(17)18)13-10(16)8-5-7(15(19)20)6-14(8)4/h5-6,9H,1-4H3,(H,13,16)(H,17,18)/t9-/m1/s1. The highest BCUT2D eigenvalue weighted by molar-refractivity contribution is 5.96. The summed E-state index contributed by atoms with van der Waals surface area (Å²) in [6.07, 6.45) is 1.20. The first-order valence-electron chi connectivity index (χ1n) is 5.88. The van der Waals surface area contributed by atoms with Crippen molar-refractivity contribution >= 4 is 17.6 Å². The van der Waals surface area contributed by atoms with Crippen molar-refractivity contribution in [3.05, 3.63) is 28.1 Å². The van der Waals surface area contributed by atoms with Gasteiger partial charge in [-0.3, -0.25) is 14.9 Å². The normalized spacial score (nSPS) is 12.8. The van der Waals surface area contributed by atoms with Crippen LogP contribution in [0.4, 0.5) is 5.69 Å². The van der Waals surface area contributed by atoms with Gasteiger partial charge in [-0.2, -0.15) is 0 Å². The zero-order chi connectivity index (χ0) is 15.7. The molecule has 0 saturated carbocycles. The fourth-order valence-corrected chi connectivity index (χ4v) is 1.73. The lowest BCUT2D eigenvalue weighted by atomic mass is 9.86. The number of aliphatic carboxylic acids is 1. The quantitative estimate of drug-likeness (QED) is 0.635. The molecule has 1 rings (SSSR count). The first-order chi connectivity index (χ1) is 9.04. The molecule has 1 aromatic rings. The summed E-state index contributed by atoms with van der Waals surface area (Å²) in [5, 5.41) is 22.2. The predicted octanol–water partition coefficient (Wildman–Crippen LogP) is 1.16. The summed E-state index contributed by atoms with van der Waals surface area (Å²) in [5.74, 6) is -1.82. The summed E-state index contributed by atoms with van der Waals surface area (Å²) < 4.78 is 1.29. The minimum atomic E-state index is -1.16. The summed E-state index contributed by atoms with van der Waals surface area (Å²) in [4.78, 5) is 33.3.